The van der Waals surface area contributed by atoms with E-state index in [2.05, 4.69) is 15.3 Å². The van der Waals surface area contributed by atoms with E-state index < -0.39 is 28.0 Å². The van der Waals surface area contributed by atoms with Crippen LogP contribution in [0.2, 0.25) is 0 Å². The fourth-order valence-corrected chi connectivity index (χ4v) is 5.84. The molecule has 33 heavy (non-hydrogen) atoms. The third-order valence-electron chi connectivity index (χ3n) is 6.31. The van der Waals surface area contributed by atoms with Crippen LogP contribution in [0, 0.1) is 11.6 Å². The maximum atomic E-state index is 13.7. The Balaban J connectivity index is 1.38. The van der Waals surface area contributed by atoms with E-state index in [1.807, 2.05) is 11.0 Å². The molecule has 0 spiro atoms. The number of rotatable bonds is 4. The number of nitrogens with one attached hydrogen (secondary N) is 1. The van der Waals surface area contributed by atoms with Crippen molar-refractivity contribution in [3.63, 3.8) is 0 Å². The van der Waals surface area contributed by atoms with Gasteiger partial charge in [-0.1, -0.05) is 12.2 Å². The van der Waals surface area contributed by atoms with E-state index >= 15 is 0 Å². The van der Waals surface area contributed by atoms with Crippen molar-refractivity contribution in [1.29, 1.82) is 0 Å². The molecule has 10 heteroatoms. The van der Waals surface area contributed by atoms with Crippen LogP contribution >= 0.6 is 0 Å². The summed E-state index contributed by atoms with van der Waals surface area (Å²) in [5.41, 5.74) is -0.439. The normalized spacial score (nSPS) is 23.9. The number of allylic oxidation sites excluding steroid dienone is 2. The summed E-state index contributed by atoms with van der Waals surface area (Å²) in [7, 11) is -1.23. The van der Waals surface area contributed by atoms with Gasteiger partial charge in [0.15, 0.2) is 0 Å². The van der Waals surface area contributed by atoms with Gasteiger partial charge in [-0.05, 0) is 36.6 Å². The second-order valence-electron chi connectivity index (χ2n) is 8.58. The number of nitrogens with zero attached hydrogens (tertiary/aromatic N) is 3. The molecule has 1 aromatic carbocycles. The van der Waals surface area contributed by atoms with Crippen LogP contribution in [0.25, 0.3) is 0 Å². The van der Waals surface area contributed by atoms with Crippen molar-refractivity contribution in [1.82, 2.24) is 9.97 Å². The Morgan fingerprint density at radius 1 is 1.12 bits per heavy atom. The Morgan fingerprint density at radius 2 is 1.85 bits per heavy atom. The summed E-state index contributed by atoms with van der Waals surface area (Å²) in [6.07, 6.45) is 6.09. The molecule has 5 rings (SSSR count). The number of aliphatic hydroxyl groups is 1. The molecule has 2 N–H and O–H groups in total. The molecule has 2 atom stereocenters. The van der Waals surface area contributed by atoms with E-state index in [0.29, 0.717) is 47.6 Å². The number of piperidine rings is 1. The van der Waals surface area contributed by atoms with Crippen LogP contribution in [-0.4, -0.2) is 44.2 Å². The number of aromatic nitrogens is 2. The van der Waals surface area contributed by atoms with Gasteiger partial charge in [-0.3, -0.25) is 4.21 Å². The minimum Gasteiger partial charge on any atom is -0.385 e. The van der Waals surface area contributed by atoms with Gasteiger partial charge in [0.2, 0.25) is 5.95 Å². The quantitative estimate of drug-likeness (QED) is 0.704. The minimum absolute atomic E-state index is 0.179. The molecule has 0 bridgehead atoms. The molecule has 0 amide bonds. The minimum atomic E-state index is -1.35. The van der Waals surface area contributed by atoms with Crippen LogP contribution in [0.15, 0.2) is 47.1 Å². The molecule has 6 nitrogen and oxygen atoms in total. The van der Waals surface area contributed by atoms with Gasteiger partial charge in [0.25, 0.3) is 0 Å². The van der Waals surface area contributed by atoms with Crippen molar-refractivity contribution >= 4 is 22.6 Å². The predicted octanol–water partition coefficient (Wildman–Crippen LogP) is 3.50. The third-order valence-corrected chi connectivity index (χ3v) is 7.77. The van der Waals surface area contributed by atoms with Gasteiger partial charge in [-0.25, -0.2) is 18.2 Å². The lowest BCUT2D eigenvalue weighted by Crippen LogP contribution is -2.43. The largest absolute Gasteiger partial charge is 0.385 e. The molecular weight excluding hydrogens is 453 g/mol. The Bertz CT molecular complexity index is 1160. The van der Waals surface area contributed by atoms with Gasteiger partial charge in [0.1, 0.15) is 28.2 Å². The summed E-state index contributed by atoms with van der Waals surface area (Å²) in [4.78, 5) is 11.7. The van der Waals surface area contributed by atoms with Crippen molar-refractivity contribution in [2.75, 3.05) is 29.1 Å². The molecule has 2 unspecified atom stereocenters. The van der Waals surface area contributed by atoms with E-state index in [1.165, 1.54) is 6.08 Å². The number of fused-ring (bicyclic) bond motifs is 1. The van der Waals surface area contributed by atoms with Crippen molar-refractivity contribution in [2.24, 2.45) is 0 Å². The second kappa shape index (κ2) is 8.57. The van der Waals surface area contributed by atoms with Crippen molar-refractivity contribution < 1.29 is 22.5 Å². The zero-order valence-corrected chi connectivity index (χ0v) is 18.5. The predicted molar refractivity (Wildman–Crippen MR) is 119 cm³/mol. The highest BCUT2D eigenvalue weighted by Gasteiger charge is 2.36. The lowest BCUT2D eigenvalue weighted by Gasteiger charge is -2.38. The summed E-state index contributed by atoms with van der Waals surface area (Å²) < 4.78 is 53.6. The number of hydrogen-bond donors (Lipinski definition) is 2. The van der Waals surface area contributed by atoms with Crippen LogP contribution in [0.4, 0.5) is 24.9 Å². The lowest BCUT2D eigenvalue weighted by molar-refractivity contribution is 0.0109. The fraction of sp³-hybridized carbons (Fsp3) is 0.391. The molecule has 1 aromatic heterocycles. The van der Waals surface area contributed by atoms with E-state index in [-0.39, 0.29) is 36.7 Å². The summed E-state index contributed by atoms with van der Waals surface area (Å²) in [6.45, 7) is 0.743. The average Bonchev–Trinajstić information content (AvgIpc) is 3.15. The van der Waals surface area contributed by atoms with E-state index in [9.17, 15) is 22.5 Å². The highest BCUT2D eigenvalue weighted by Crippen LogP contribution is 2.36. The number of hydrogen-bond acceptors (Lipinski definition) is 6. The maximum absolute atomic E-state index is 13.7. The van der Waals surface area contributed by atoms with Gasteiger partial charge >= 0.3 is 0 Å². The molecule has 3 heterocycles. The maximum Gasteiger partial charge on any atom is 0.227 e. The first-order chi connectivity index (χ1) is 15.8. The topological polar surface area (TPSA) is 78.4 Å². The fourth-order valence-electron chi connectivity index (χ4n) is 4.53. The first kappa shape index (κ1) is 22.1. The summed E-state index contributed by atoms with van der Waals surface area (Å²) in [5.74, 6) is -0.376. The SMILES string of the molecule is O=S1CCc2nc(N3CCC(O)(c4cc(F)cc(F)c4)CC3)nc(NC3C=CC=C(F)C3)c21. The number of benzene rings is 1. The number of halogens is 3. The highest BCUT2D eigenvalue weighted by atomic mass is 32.2. The lowest BCUT2D eigenvalue weighted by atomic mass is 9.84. The second-order valence-corrected chi connectivity index (χ2v) is 10.1. The number of anilines is 2. The van der Waals surface area contributed by atoms with Gasteiger partial charge in [0, 0.05) is 37.8 Å². The Hall–Kier alpha value is -2.72. The Labute approximate surface area is 191 Å². The molecule has 1 aliphatic carbocycles. The summed E-state index contributed by atoms with van der Waals surface area (Å²) >= 11 is 0. The van der Waals surface area contributed by atoms with Crippen molar-refractivity contribution in [3.8, 4) is 0 Å². The molecule has 3 aliphatic rings. The summed E-state index contributed by atoms with van der Waals surface area (Å²) in [5, 5.41) is 14.2. The van der Waals surface area contributed by atoms with Crippen molar-refractivity contribution in [3.05, 3.63) is 65.1 Å². The summed E-state index contributed by atoms with van der Waals surface area (Å²) in [6, 6.07) is 2.79. The molecule has 1 fully saturated rings. The molecule has 2 aromatic rings. The van der Waals surface area contributed by atoms with Crippen LogP contribution in [-0.2, 0) is 22.8 Å². The van der Waals surface area contributed by atoms with Crippen molar-refractivity contribution in [2.45, 2.75) is 42.2 Å². The van der Waals surface area contributed by atoms with E-state index in [0.717, 1.165) is 18.2 Å². The first-order valence-electron chi connectivity index (χ1n) is 10.8. The van der Waals surface area contributed by atoms with Gasteiger partial charge in [-0.2, -0.15) is 4.98 Å². The monoisotopic (exact) mass is 476 g/mol. The molecular formula is C23H23F3N4O2S. The van der Waals surface area contributed by atoms with Gasteiger partial charge < -0.3 is 15.3 Å². The zero-order valence-electron chi connectivity index (χ0n) is 17.7. The van der Waals surface area contributed by atoms with Crippen LogP contribution in [0.1, 0.15) is 30.5 Å². The molecule has 2 aliphatic heterocycles. The molecule has 174 valence electrons. The smallest absolute Gasteiger partial charge is 0.227 e. The average molecular weight is 477 g/mol. The van der Waals surface area contributed by atoms with Crippen LogP contribution in [0.3, 0.4) is 0 Å². The first-order valence-corrected chi connectivity index (χ1v) is 12.2. The standard InChI is InChI=1S/C23H23F3N4O2S/c24-15-2-1-3-18(13-15)27-21-20-19(4-9-33(20)32)28-22(29-21)30-7-5-23(31,6-8-30)14-10-16(25)12-17(26)11-14/h1-3,10-12,18,31H,4-9,13H2,(H,27,28,29). The Morgan fingerprint density at radius 3 is 2.55 bits per heavy atom. The van der Waals surface area contributed by atoms with Gasteiger partial charge in [0.05, 0.1) is 28.1 Å². The molecule has 0 saturated carbocycles. The molecule has 1 saturated heterocycles. The third kappa shape index (κ3) is 4.41. The Kier molecular flexibility index (Phi) is 5.74. The van der Waals surface area contributed by atoms with Gasteiger partial charge in [-0.15, -0.1) is 0 Å². The molecule has 0 radical (unpaired) electrons. The highest BCUT2D eigenvalue weighted by molar-refractivity contribution is 7.85. The van der Waals surface area contributed by atoms with Crippen LogP contribution < -0.4 is 10.2 Å². The van der Waals surface area contributed by atoms with E-state index in [4.69, 9.17) is 0 Å². The van der Waals surface area contributed by atoms with E-state index in [1.54, 1.807) is 6.08 Å². The van der Waals surface area contributed by atoms with Crippen LogP contribution in [0.5, 0.6) is 0 Å². The number of aryl methyl sites for hydroxylation is 1. The zero-order chi connectivity index (χ0) is 23.2.